The minimum atomic E-state index is -0.798. The number of furan rings is 1. The molecule has 0 fully saturated rings. The van der Waals surface area contributed by atoms with Gasteiger partial charge < -0.3 is 4.42 Å². The van der Waals surface area contributed by atoms with Gasteiger partial charge in [0.2, 0.25) is 0 Å². The Morgan fingerprint density at radius 3 is 1.67 bits per heavy atom. The Labute approximate surface area is 263 Å². The van der Waals surface area contributed by atoms with Crippen molar-refractivity contribution >= 4 is 45.8 Å². The molecule has 45 heavy (non-hydrogen) atoms. The van der Waals surface area contributed by atoms with Gasteiger partial charge in [-0.05, 0) is 80.5 Å². The molecule has 0 N–H and O–H groups in total. The summed E-state index contributed by atoms with van der Waals surface area (Å²) in [7, 11) is -0.798. The van der Waals surface area contributed by atoms with Gasteiger partial charge >= 0.3 is 0 Å². The van der Waals surface area contributed by atoms with Crippen molar-refractivity contribution in [2.45, 2.75) is 5.41 Å². The van der Waals surface area contributed by atoms with Gasteiger partial charge in [-0.2, -0.15) is 0 Å². The van der Waals surface area contributed by atoms with E-state index in [1.165, 1.54) is 71.2 Å². The summed E-state index contributed by atoms with van der Waals surface area (Å²) < 4.78 is 6.43. The molecule has 1 atom stereocenters. The first-order chi connectivity index (χ1) is 22.4. The molecule has 7 aromatic carbocycles. The third-order valence-electron chi connectivity index (χ3n) is 9.86. The van der Waals surface area contributed by atoms with Crippen molar-refractivity contribution in [2.75, 3.05) is 0 Å². The van der Waals surface area contributed by atoms with Crippen molar-refractivity contribution in [1.82, 2.24) is 0 Å². The highest BCUT2D eigenvalue weighted by molar-refractivity contribution is 7.80. The van der Waals surface area contributed by atoms with Gasteiger partial charge in [0.05, 0.1) is 5.41 Å². The molecule has 0 saturated heterocycles. The van der Waals surface area contributed by atoms with Crippen LogP contribution in [0.2, 0.25) is 0 Å². The molecule has 2 aliphatic carbocycles. The largest absolute Gasteiger partial charge is 0.456 e. The average Bonchev–Trinajstić information content (AvgIpc) is 3.73. The normalized spacial score (nSPS) is 15.8. The Balaban J connectivity index is 1.35. The van der Waals surface area contributed by atoms with Crippen molar-refractivity contribution in [1.29, 1.82) is 0 Å². The molecular formula is C43H27OP. The van der Waals surface area contributed by atoms with E-state index in [0.717, 1.165) is 11.2 Å². The van der Waals surface area contributed by atoms with Crippen LogP contribution in [-0.4, -0.2) is 0 Å². The first-order valence-corrected chi connectivity index (χ1v) is 16.9. The van der Waals surface area contributed by atoms with Crippen LogP contribution in [0, 0.1) is 0 Å². The van der Waals surface area contributed by atoms with E-state index in [4.69, 9.17) is 4.42 Å². The monoisotopic (exact) mass is 590 g/mol. The molecule has 0 aliphatic heterocycles. The van der Waals surface area contributed by atoms with Crippen LogP contribution in [0.15, 0.2) is 168 Å². The van der Waals surface area contributed by atoms with Gasteiger partial charge in [0.25, 0.3) is 0 Å². The number of rotatable bonds is 3. The highest BCUT2D eigenvalue weighted by Gasteiger charge is 2.53. The van der Waals surface area contributed by atoms with E-state index >= 15 is 0 Å². The molecule has 2 heteroatoms. The van der Waals surface area contributed by atoms with E-state index in [9.17, 15) is 0 Å². The van der Waals surface area contributed by atoms with Gasteiger partial charge in [0, 0.05) is 10.8 Å². The fourth-order valence-electron chi connectivity index (χ4n) is 8.24. The van der Waals surface area contributed by atoms with Gasteiger partial charge in [-0.1, -0.05) is 152 Å². The Bertz CT molecular complexity index is 2400. The van der Waals surface area contributed by atoms with Crippen LogP contribution >= 0.6 is 7.92 Å². The van der Waals surface area contributed by atoms with Crippen molar-refractivity contribution in [2.24, 2.45) is 0 Å². The summed E-state index contributed by atoms with van der Waals surface area (Å²) in [5.41, 5.74) is 12.2. The Morgan fingerprint density at radius 1 is 0.400 bits per heavy atom. The maximum Gasteiger partial charge on any atom is 0.136 e. The first-order valence-electron chi connectivity index (χ1n) is 15.5. The number of hydrogen-bond donors (Lipinski definition) is 0. The summed E-state index contributed by atoms with van der Waals surface area (Å²) in [5, 5.41) is 6.53. The second-order valence-electron chi connectivity index (χ2n) is 12.0. The van der Waals surface area contributed by atoms with Crippen LogP contribution in [0.5, 0.6) is 0 Å². The SMILES string of the molecule is c1ccc(P(c2ccccc2)c2cccc3c2-c2ccccc2C32c3ccccc3-c3c2ccc2oc4ccccc4c32)cc1. The predicted octanol–water partition coefficient (Wildman–Crippen LogP) is 9.69. The zero-order valence-electron chi connectivity index (χ0n) is 24.4. The van der Waals surface area contributed by atoms with E-state index in [2.05, 4.69) is 164 Å². The lowest BCUT2D eigenvalue weighted by Gasteiger charge is -2.31. The molecule has 2 aliphatic rings. The molecule has 1 heterocycles. The summed E-state index contributed by atoms with van der Waals surface area (Å²) in [4.78, 5) is 0. The minimum absolute atomic E-state index is 0.422. The number of para-hydroxylation sites is 1. The van der Waals surface area contributed by atoms with E-state index in [1.54, 1.807) is 0 Å². The highest BCUT2D eigenvalue weighted by Crippen LogP contribution is 2.64. The van der Waals surface area contributed by atoms with E-state index in [-0.39, 0.29) is 0 Å². The molecule has 1 unspecified atom stereocenters. The molecule has 1 aromatic heterocycles. The highest BCUT2D eigenvalue weighted by atomic mass is 31.1. The van der Waals surface area contributed by atoms with Gasteiger partial charge in [-0.25, -0.2) is 0 Å². The van der Waals surface area contributed by atoms with Crippen molar-refractivity contribution in [3.05, 3.63) is 186 Å². The van der Waals surface area contributed by atoms with Crippen LogP contribution in [0.3, 0.4) is 0 Å². The number of hydrogen-bond acceptors (Lipinski definition) is 1. The number of fused-ring (bicyclic) bond motifs is 14. The van der Waals surface area contributed by atoms with Gasteiger partial charge in [-0.15, -0.1) is 0 Å². The minimum Gasteiger partial charge on any atom is -0.456 e. The fourth-order valence-corrected chi connectivity index (χ4v) is 10.7. The van der Waals surface area contributed by atoms with Crippen LogP contribution in [-0.2, 0) is 5.41 Å². The van der Waals surface area contributed by atoms with Gasteiger partial charge in [0.15, 0.2) is 0 Å². The molecule has 8 aromatic rings. The second-order valence-corrected chi connectivity index (χ2v) is 14.2. The summed E-state index contributed by atoms with van der Waals surface area (Å²) in [5.74, 6) is 0. The molecule has 210 valence electrons. The maximum atomic E-state index is 6.43. The molecule has 0 radical (unpaired) electrons. The summed E-state index contributed by atoms with van der Waals surface area (Å²) >= 11 is 0. The van der Waals surface area contributed by atoms with Crippen LogP contribution < -0.4 is 15.9 Å². The Hall–Kier alpha value is -5.23. The fraction of sp³-hybridized carbons (Fsp3) is 0.0233. The third-order valence-corrected chi connectivity index (χ3v) is 12.3. The summed E-state index contributed by atoms with van der Waals surface area (Å²) in [6.07, 6.45) is 0. The standard InChI is InChI=1S/C43H27OP/c1-3-14-28(15-4-1)45(29-16-5-2-6-17-29)39-25-13-23-35-40(39)30-18-7-10-21-33(30)43(35)34-22-11-8-19-31(34)41-36(43)26-27-38-42(41)32-20-9-12-24-37(32)44-38/h1-27H. The lowest BCUT2D eigenvalue weighted by Crippen LogP contribution is -2.27. The van der Waals surface area contributed by atoms with Crippen LogP contribution in [0.25, 0.3) is 44.2 Å². The van der Waals surface area contributed by atoms with Gasteiger partial charge in [-0.3, -0.25) is 0 Å². The molecule has 0 amide bonds. The Morgan fingerprint density at radius 2 is 0.956 bits per heavy atom. The lowest BCUT2D eigenvalue weighted by molar-refractivity contribution is 0.668. The Kier molecular flexibility index (Phi) is 5.24. The van der Waals surface area contributed by atoms with Crippen LogP contribution in [0.1, 0.15) is 22.3 Å². The zero-order chi connectivity index (χ0) is 29.5. The average molecular weight is 591 g/mol. The second kappa shape index (κ2) is 9.38. The van der Waals surface area contributed by atoms with E-state index in [0.29, 0.717) is 0 Å². The lowest BCUT2D eigenvalue weighted by atomic mass is 9.70. The number of benzene rings is 7. The molecule has 10 rings (SSSR count). The van der Waals surface area contributed by atoms with Crippen LogP contribution in [0.4, 0.5) is 0 Å². The summed E-state index contributed by atoms with van der Waals surface area (Å²) in [6.45, 7) is 0. The van der Waals surface area contributed by atoms with E-state index < -0.39 is 13.3 Å². The van der Waals surface area contributed by atoms with Crippen molar-refractivity contribution in [3.8, 4) is 22.3 Å². The molecule has 1 nitrogen and oxygen atoms in total. The van der Waals surface area contributed by atoms with E-state index in [1.807, 2.05) is 0 Å². The molecule has 0 bridgehead atoms. The van der Waals surface area contributed by atoms with Crippen molar-refractivity contribution in [3.63, 3.8) is 0 Å². The topological polar surface area (TPSA) is 13.1 Å². The molecule has 0 saturated carbocycles. The maximum absolute atomic E-state index is 6.43. The van der Waals surface area contributed by atoms with Gasteiger partial charge in [0.1, 0.15) is 11.2 Å². The third kappa shape index (κ3) is 3.26. The predicted molar refractivity (Wildman–Crippen MR) is 189 cm³/mol. The molecular weight excluding hydrogens is 563 g/mol. The quantitative estimate of drug-likeness (QED) is 0.187. The summed E-state index contributed by atoms with van der Waals surface area (Å²) in [6, 6.07) is 60.5. The van der Waals surface area contributed by atoms with Crippen molar-refractivity contribution < 1.29 is 4.42 Å². The smallest absolute Gasteiger partial charge is 0.136 e. The first kappa shape index (κ1) is 25.1. The zero-order valence-corrected chi connectivity index (χ0v) is 25.3. The molecule has 1 spiro atoms.